The van der Waals surface area contributed by atoms with Gasteiger partial charge in [0.15, 0.2) is 0 Å². The molecule has 0 radical (unpaired) electrons. The first-order valence-corrected chi connectivity index (χ1v) is 11.4. The maximum Gasteiger partial charge on any atom is 0.238 e. The summed E-state index contributed by atoms with van der Waals surface area (Å²) in [6.45, 7) is 15.6. The topological polar surface area (TPSA) is 104 Å². The van der Waals surface area contributed by atoms with Crippen molar-refractivity contribution in [3.63, 3.8) is 0 Å². The second kappa shape index (κ2) is 9.34. The number of hydrogen-bond acceptors (Lipinski definition) is 4. The first-order chi connectivity index (χ1) is 13.3. The maximum atomic E-state index is 13.9. The molecule has 29 heavy (non-hydrogen) atoms. The Bertz CT molecular complexity index is 545. The van der Waals surface area contributed by atoms with Gasteiger partial charge in [0, 0.05) is 0 Å². The fourth-order valence-electron chi connectivity index (χ4n) is 5.10. The van der Waals surface area contributed by atoms with Crippen molar-refractivity contribution in [2.45, 2.75) is 117 Å². The van der Waals surface area contributed by atoms with Gasteiger partial charge in [0.2, 0.25) is 11.8 Å². The van der Waals surface area contributed by atoms with Crippen LogP contribution in [0.1, 0.15) is 93.9 Å². The molecule has 0 bridgehead atoms. The van der Waals surface area contributed by atoms with Gasteiger partial charge in [-0.05, 0) is 50.4 Å². The van der Waals surface area contributed by atoms with Crippen LogP contribution in [-0.2, 0) is 9.59 Å². The van der Waals surface area contributed by atoms with Gasteiger partial charge in [-0.2, -0.15) is 0 Å². The quantitative estimate of drug-likeness (QED) is 0.428. The van der Waals surface area contributed by atoms with E-state index >= 15 is 0 Å². The fraction of sp³-hybridized carbons (Fsp3) is 0.913. The summed E-state index contributed by atoms with van der Waals surface area (Å²) in [4.78, 5) is 27.8. The molecular weight excluding hydrogens is 368 g/mol. The molecular formula is C23H44N2O4. The molecule has 0 aromatic rings. The molecule has 1 fully saturated rings. The normalized spacial score (nSPS) is 18.6. The Labute approximate surface area is 177 Å². The van der Waals surface area contributed by atoms with Crippen LogP contribution in [0.4, 0.5) is 0 Å². The summed E-state index contributed by atoms with van der Waals surface area (Å²) in [5, 5.41) is 23.1. The van der Waals surface area contributed by atoms with Gasteiger partial charge in [0.25, 0.3) is 0 Å². The van der Waals surface area contributed by atoms with Crippen molar-refractivity contribution in [1.82, 2.24) is 4.90 Å². The third kappa shape index (κ3) is 4.63. The molecule has 6 nitrogen and oxygen atoms in total. The van der Waals surface area contributed by atoms with Gasteiger partial charge in [-0.3, -0.25) is 9.59 Å². The van der Waals surface area contributed by atoms with Crippen LogP contribution in [0, 0.1) is 17.3 Å². The first-order valence-electron chi connectivity index (χ1n) is 11.4. The Balaban J connectivity index is 3.76. The first kappa shape index (κ1) is 25.9. The summed E-state index contributed by atoms with van der Waals surface area (Å²) < 4.78 is 0. The third-order valence-corrected chi connectivity index (χ3v) is 7.28. The fourth-order valence-corrected chi connectivity index (χ4v) is 5.10. The number of nitrogens with zero attached hydrogens (tertiary/aromatic N) is 1. The number of aliphatic hydroxyl groups is 2. The Hall–Kier alpha value is -1.14. The maximum absolute atomic E-state index is 13.9. The van der Waals surface area contributed by atoms with Crippen molar-refractivity contribution in [2.24, 2.45) is 23.0 Å². The van der Waals surface area contributed by atoms with Crippen molar-refractivity contribution in [1.29, 1.82) is 0 Å². The lowest BCUT2D eigenvalue weighted by Gasteiger charge is -2.53. The lowest BCUT2D eigenvalue weighted by Crippen LogP contribution is -2.68. The third-order valence-electron chi connectivity index (χ3n) is 7.28. The molecule has 1 rings (SSSR count). The Morgan fingerprint density at radius 3 is 1.34 bits per heavy atom. The highest BCUT2D eigenvalue weighted by molar-refractivity contribution is 6.07. The van der Waals surface area contributed by atoms with Gasteiger partial charge in [-0.1, -0.05) is 55.4 Å². The largest absolute Gasteiger partial charge is 0.388 e. The molecule has 1 saturated carbocycles. The van der Waals surface area contributed by atoms with Crippen molar-refractivity contribution in [3.8, 4) is 0 Å². The van der Waals surface area contributed by atoms with Crippen molar-refractivity contribution >= 4 is 11.8 Å². The summed E-state index contributed by atoms with van der Waals surface area (Å²) in [5.41, 5.74) is 2.22. The summed E-state index contributed by atoms with van der Waals surface area (Å²) in [5.74, 6) is -1.06. The second-order valence-electron chi connectivity index (χ2n) is 9.66. The zero-order valence-electron chi connectivity index (χ0n) is 19.8. The highest BCUT2D eigenvalue weighted by Gasteiger charge is 2.61. The van der Waals surface area contributed by atoms with E-state index in [-0.39, 0.29) is 17.7 Å². The van der Waals surface area contributed by atoms with E-state index in [0.29, 0.717) is 38.5 Å². The van der Waals surface area contributed by atoms with Crippen LogP contribution in [-0.4, -0.2) is 50.2 Å². The average molecular weight is 413 g/mol. The van der Waals surface area contributed by atoms with Crippen molar-refractivity contribution in [3.05, 3.63) is 0 Å². The molecule has 1 aliphatic rings. The van der Waals surface area contributed by atoms with Crippen LogP contribution in [0.2, 0.25) is 0 Å². The number of amides is 2. The van der Waals surface area contributed by atoms with E-state index in [1.54, 1.807) is 4.90 Å². The SMILES string of the molecule is CCC(O)(CC)C(C(C)C)N(C(=O)C1(C(N)=O)CC1)C(C(C)C)C(O)(CC)CC. The predicted octanol–water partition coefficient (Wildman–Crippen LogP) is 3.23. The van der Waals surface area contributed by atoms with E-state index in [1.165, 1.54) is 0 Å². The molecule has 170 valence electrons. The highest BCUT2D eigenvalue weighted by Crippen LogP contribution is 2.50. The summed E-state index contributed by atoms with van der Waals surface area (Å²) in [6, 6.07) is -1.06. The lowest BCUT2D eigenvalue weighted by molar-refractivity contribution is -0.175. The number of hydrogen-bond donors (Lipinski definition) is 3. The minimum atomic E-state index is -1.20. The molecule has 1 aliphatic carbocycles. The van der Waals surface area contributed by atoms with Gasteiger partial charge in [0.1, 0.15) is 5.41 Å². The van der Waals surface area contributed by atoms with E-state index in [4.69, 9.17) is 5.73 Å². The zero-order valence-corrected chi connectivity index (χ0v) is 19.8. The molecule has 2 unspecified atom stereocenters. The van der Waals surface area contributed by atoms with Crippen LogP contribution in [0.3, 0.4) is 0 Å². The molecule has 4 N–H and O–H groups in total. The number of carbonyl (C=O) groups excluding carboxylic acids is 2. The zero-order chi connectivity index (χ0) is 22.8. The minimum Gasteiger partial charge on any atom is -0.388 e. The molecule has 0 heterocycles. The number of rotatable bonds is 12. The van der Waals surface area contributed by atoms with Gasteiger partial charge < -0.3 is 20.8 Å². The Kier molecular flexibility index (Phi) is 8.34. The van der Waals surface area contributed by atoms with E-state index in [0.717, 1.165) is 0 Å². The van der Waals surface area contributed by atoms with Crippen LogP contribution in [0.15, 0.2) is 0 Å². The Morgan fingerprint density at radius 2 is 1.17 bits per heavy atom. The number of carbonyl (C=O) groups is 2. The molecule has 6 heteroatoms. The monoisotopic (exact) mass is 412 g/mol. The minimum absolute atomic E-state index is 0.0632. The molecule has 0 spiro atoms. The summed E-state index contributed by atoms with van der Waals surface area (Å²) in [6.07, 6.45) is 2.76. The van der Waals surface area contributed by atoms with E-state index in [9.17, 15) is 19.8 Å². The smallest absolute Gasteiger partial charge is 0.238 e. The number of nitrogens with two attached hydrogens (primary N) is 1. The molecule has 0 aromatic carbocycles. The van der Waals surface area contributed by atoms with Crippen LogP contribution in [0.25, 0.3) is 0 Å². The van der Waals surface area contributed by atoms with E-state index in [2.05, 4.69) is 0 Å². The molecule has 0 aliphatic heterocycles. The average Bonchev–Trinajstić information content (AvgIpc) is 3.47. The predicted molar refractivity (Wildman–Crippen MR) is 116 cm³/mol. The van der Waals surface area contributed by atoms with Gasteiger partial charge in [-0.15, -0.1) is 0 Å². The van der Waals surface area contributed by atoms with Gasteiger partial charge in [-0.25, -0.2) is 0 Å². The molecule has 0 aromatic heterocycles. The highest BCUT2D eigenvalue weighted by atomic mass is 16.3. The van der Waals surface area contributed by atoms with Crippen molar-refractivity contribution in [2.75, 3.05) is 0 Å². The van der Waals surface area contributed by atoms with Gasteiger partial charge in [0.05, 0.1) is 23.3 Å². The lowest BCUT2D eigenvalue weighted by atomic mass is 9.74. The molecule has 2 atom stereocenters. The van der Waals surface area contributed by atoms with Crippen LogP contribution < -0.4 is 5.73 Å². The Morgan fingerprint density at radius 1 is 0.862 bits per heavy atom. The van der Waals surface area contributed by atoms with Crippen LogP contribution >= 0.6 is 0 Å². The van der Waals surface area contributed by atoms with Gasteiger partial charge >= 0.3 is 0 Å². The molecule has 2 amide bonds. The second-order valence-corrected chi connectivity index (χ2v) is 9.66. The summed E-state index contributed by atoms with van der Waals surface area (Å²) >= 11 is 0. The van der Waals surface area contributed by atoms with Crippen molar-refractivity contribution < 1.29 is 19.8 Å². The number of primary amides is 1. The molecule has 0 saturated heterocycles. The standard InChI is InChI=1S/C23H44N2O4/c1-9-22(28,10-2)17(15(5)6)25(20(27)21(13-14-21)19(24)26)18(16(7)8)23(29,11-3)12-4/h15-18,28-29H,9-14H2,1-8H3,(H2,24,26). The summed E-state index contributed by atoms with van der Waals surface area (Å²) in [7, 11) is 0. The van der Waals surface area contributed by atoms with Crippen LogP contribution in [0.5, 0.6) is 0 Å². The van der Waals surface area contributed by atoms with E-state index < -0.39 is 34.6 Å². The van der Waals surface area contributed by atoms with E-state index in [1.807, 2.05) is 55.4 Å².